The molecule has 1 aliphatic carbocycles. The molecule has 3 rings (SSSR count). The fraction of sp³-hybridized carbons (Fsp3) is 0.650. The lowest BCUT2D eigenvalue weighted by atomic mass is 9.66. The molecular weight excluding hydrogens is 316 g/mol. The molecule has 5 nitrogen and oxygen atoms in total. The van der Waals surface area contributed by atoms with Crippen LogP contribution in [0.15, 0.2) is 12.1 Å². The number of carbonyl (C=O) groups excluding carboxylic acids is 1. The molecule has 1 heterocycles. The molecule has 1 spiro atoms. The minimum absolute atomic E-state index is 0.0108. The molecule has 0 aromatic heterocycles. The summed E-state index contributed by atoms with van der Waals surface area (Å²) >= 11 is 0. The second-order valence-corrected chi connectivity index (χ2v) is 8.43. The summed E-state index contributed by atoms with van der Waals surface area (Å²) < 4.78 is 11.0. The number of nitrogens with two attached hydrogens (primary N) is 1. The van der Waals surface area contributed by atoms with Gasteiger partial charge in [0.2, 0.25) is 0 Å². The second-order valence-electron chi connectivity index (χ2n) is 8.43. The smallest absolute Gasteiger partial charge is 0.410 e. The average Bonchev–Trinajstić information content (AvgIpc) is 2.54. The van der Waals surface area contributed by atoms with Gasteiger partial charge in [-0.1, -0.05) is 19.3 Å². The summed E-state index contributed by atoms with van der Waals surface area (Å²) in [6, 6.07) is 4.07. The minimum atomic E-state index is -0.490. The molecule has 0 radical (unpaired) electrons. The molecule has 0 bridgehead atoms. The summed E-state index contributed by atoms with van der Waals surface area (Å²) in [5.41, 5.74) is 8.80. The highest BCUT2D eigenvalue weighted by Gasteiger charge is 2.43. The monoisotopic (exact) mass is 346 g/mol. The third kappa shape index (κ3) is 3.55. The maximum absolute atomic E-state index is 12.7. The van der Waals surface area contributed by atoms with Crippen LogP contribution in [0.4, 0.5) is 10.5 Å². The fourth-order valence-electron chi connectivity index (χ4n) is 4.26. The SMILES string of the molecule is COc1cc2c(cc1N)C1(CCCCC1)CN(C(=O)OC(C)(C)C)C2. The lowest BCUT2D eigenvalue weighted by Crippen LogP contribution is -2.50. The number of fused-ring (bicyclic) bond motifs is 2. The van der Waals surface area contributed by atoms with Crippen LogP contribution in [0, 0.1) is 0 Å². The van der Waals surface area contributed by atoms with Crippen LogP contribution in [0.5, 0.6) is 5.75 Å². The number of anilines is 1. The number of methoxy groups -OCH3 is 1. The third-order valence-corrected chi connectivity index (χ3v) is 5.34. The van der Waals surface area contributed by atoms with E-state index in [0.717, 1.165) is 18.4 Å². The van der Waals surface area contributed by atoms with Gasteiger partial charge in [0.15, 0.2) is 0 Å². The molecule has 0 unspecified atom stereocenters. The van der Waals surface area contributed by atoms with Gasteiger partial charge in [0, 0.05) is 18.5 Å². The van der Waals surface area contributed by atoms with Crippen LogP contribution in [0.1, 0.15) is 64.0 Å². The van der Waals surface area contributed by atoms with E-state index in [0.29, 0.717) is 24.5 Å². The van der Waals surface area contributed by atoms with Crippen molar-refractivity contribution < 1.29 is 14.3 Å². The first-order chi connectivity index (χ1) is 11.7. The van der Waals surface area contributed by atoms with E-state index in [2.05, 4.69) is 6.07 Å². The van der Waals surface area contributed by atoms with E-state index < -0.39 is 5.60 Å². The molecule has 1 saturated carbocycles. The number of rotatable bonds is 1. The van der Waals surface area contributed by atoms with E-state index in [1.807, 2.05) is 31.7 Å². The van der Waals surface area contributed by atoms with Gasteiger partial charge in [0.05, 0.1) is 12.8 Å². The van der Waals surface area contributed by atoms with Crippen molar-refractivity contribution in [2.45, 2.75) is 70.4 Å². The predicted molar refractivity (Wildman–Crippen MR) is 98.8 cm³/mol. The Morgan fingerprint density at radius 1 is 1.20 bits per heavy atom. The molecule has 1 aromatic carbocycles. The number of benzene rings is 1. The second kappa shape index (κ2) is 6.43. The van der Waals surface area contributed by atoms with Gasteiger partial charge in [0.1, 0.15) is 11.4 Å². The molecule has 5 heteroatoms. The van der Waals surface area contributed by atoms with Crippen LogP contribution in [0.3, 0.4) is 0 Å². The van der Waals surface area contributed by atoms with Crippen LogP contribution in [-0.2, 0) is 16.7 Å². The van der Waals surface area contributed by atoms with Gasteiger partial charge in [-0.2, -0.15) is 0 Å². The standard InChI is InChI=1S/C20H30N2O3/c1-19(2,3)25-18(23)22-12-14-10-17(24-4)16(21)11-15(14)20(13-22)8-6-5-7-9-20/h10-11H,5-9,12-13,21H2,1-4H3. The van der Waals surface area contributed by atoms with Gasteiger partial charge in [-0.15, -0.1) is 0 Å². The average molecular weight is 346 g/mol. The van der Waals surface area contributed by atoms with Crippen LogP contribution in [-0.4, -0.2) is 30.2 Å². The summed E-state index contributed by atoms with van der Waals surface area (Å²) in [4.78, 5) is 14.6. The first-order valence-electron chi connectivity index (χ1n) is 9.19. The Hall–Kier alpha value is -1.91. The summed E-state index contributed by atoms with van der Waals surface area (Å²) in [5, 5.41) is 0. The highest BCUT2D eigenvalue weighted by Crippen LogP contribution is 2.46. The lowest BCUT2D eigenvalue weighted by molar-refractivity contribution is 0.0133. The predicted octanol–water partition coefficient (Wildman–Crippen LogP) is 4.23. The van der Waals surface area contributed by atoms with E-state index in [4.69, 9.17) is 15.2 Å². The van der Waals surface area contributed by atoms with Crippen molar-refractivity contribution in [2.75, 3.05) is 19.4 Å². The summed E-state index contributed by atoms with van der Waals surface area (Å²) in [7, 11) is 1.63. The van der Waals surface area contributed by atoms with Crippen LogP contribution in [0.2, 0.25) is 0 Å². The zero-order valence-electron chi connectivity index (χ0n) is 15.9. The van der Waals surface area contributed by atoms with Gasteiger partial charge in [-0.3, -0.25) is 0 Å². The fourth-order valence-corrected chi connectivity index (χ4v) is 4.26. The molecule has 1 amide bonds. The van der Waals surface area contributed by atoms with E-state index >= 15 is 0 Å². The minimum Gasteiger partial charge on any atom is -0.495 e. The Labute approximate surface area is 150 Å². The Bertz CT molecular complexity index is 658. The van der Waals surface area contributed by atoms with E-state index in [1.54, 1.807) is 7.11 Å². The number of nitrogens with zero attached hydrogens (tertiary/aromatic N) is 1. The molecule has 25 heavy (non-hydrogen) atoms. The maximum Gasteiger partial charge on any atom is 0.410 e. The van der Waals surface area contributed by atoms with E-state index in [-0.39, 0.29) is 11.5 Å². The molecule has 0 saturated heterocycles. The van der Waals surface area contributed by atoms with Crippen molar-refractivity contribution in [1.82, 2.24) is 4.90 Å². The molecule has 1 aliphatic heterocycles. The van der Waals surface area contributed by atoms with E-state index in [1.165, 1.54) is 24.8 Å². The number of amides is 1. The van der Waals surface area contributed by atoms with Crippen molar-refractivity contribution in [1.29, 1.82) is 0 Å². The lowest BCUT2D eigenvalue weighted by Gasteiger charge is -2.46. The first-order valence-corrected chi connectivity index (χ1v) is 9.19. The van der Waals surface area contributed by atoms with Crippen LogP contribution < -0.4 is 10.5 Å². The summed E-state index contributed by atoms with van der Waals surface area (Å²) in [6.07, 6.45) is 5.57. The number of hydrogen-bond acceptors (Lipinski definition) is 4. The van der Waals surface area contributed by atoms with Crippen molar-refractivity contribution in [3.8, 4) is 5.75 Å². The Morgan fingerprint density at radius 3 is 2.48 bits per heavy atom. The van der Waals surface area contributed by atoms with Crippen molar-refractivity contribution in [3.05, 3.63) is 23.3 Å². The highest BCUT2D eigenvalue weighted by molar-refractivity contribution is 5.70. The number of ether oxygens (including phenoxy) is 2. The van der Waals surface area contributed by atoms with Crippen LogP contribution in [0.25, 0.3) is 0 Å². The summed E-state index contributed by atoms with van der Waals surface area (Å²) in [5.74, 6) is 0.677. The quantitative estimate of drug-likeness (QED) is 0.773. The molecule has 2 aliphatic rings. The molecular formula is C20H30N2O3. The largest absolute Gasteiger partial charge is 0.495 e. The van der Waals surface area contributed by atoms with Crippen LogP contribution >= 0.6 is 0 Å². The normalized spacial score (nSPS) is 19.4. The van der Waals surface area contributed by atoms with Gasteiger partial charge in [0.25, 0.3) is 0 Å². The number of nitrogen functional groups attached to an aromatic ring is 1. The topological polar surface area (TPSA) is 64.8 Å². The molecule has 1 fully saturated rings. The Kier molecular flexibility index (Phi) is 4.60. The molecule has 2 N–H and O–H groups in total. The first kappa shape index (κ1) is 17.9. The van der Waals surface area contributed by atoms with Crippen molar-refractivity contribution in [2.24, 2.45) is 0 Å². The third-order valence-electron chi connectivity index (χ3n) is 5.34. The maximum atomic E-state index is 12.7. The highest BCUT2D eigenvalue weighted by atomic mass is 16.6. The Balaban J connectivity index is 1.99. The zero-order valence-corrected chi connectivity index (χ0v) is 15.9. The number of hydrogen-bond donors (Lipinski definition) is 1. The van der Waals surface area contributed by atoms with E-state index in [9.17, 15) is 4.79 Å². The number of carbonyl (C=O) groups is 1. The molecule has 1 aromatic rings. The molecule has 138 valence electrons. The van der Waals surface area contributed by atoms with Crippen molar-refractivity contribution in [3.63, 3.8) is 0 Å². The van der Waals surface area contributed by atoms with Gasteiger partial charge in [-0.05, 0) is 56.9 Å². The molecule has 0 atom stereocenters. The Morgan fingerprint density at radius 2 is 1.88 bits per heavy atom. The zero-order chi connectivity index (χ0) is 18.2. The summed E-state index contributed by atoms with van der Waals surface area (Å²) in [6.45, 7) is 6.97. The van der Waals surface area contributed by atoms with Gasteiger partial charge in [-0.25, -0.2) is 4.79 Å². The van der Waals surface area contributed by atoms with Gasteiger partial charge < -0.3 is 20.1 Å². The van der Waals surface area contributed by atoms with Crippen molar-refractivity contribution >= 4 is 11.8 Å². The van der Waals surface area contributed by atoms with Gasteiger partial charge >= 0.3 is 6.09 Å².